The van der Waals surface area contributed by atoms with Crippen LogP contribution in [0.1, 0.15) is 45.6 Å². The molecule has 5 rings (SSSR count). The van der Waals surface area contributed by atoms with Crippen LogP contribution < -0.4 is 0 Å². The summed E-state index contributed by atoms with van der Waals surface area (Å²) in [5, 5.41) is 0. The Kier molecular flexibility index (Phi) is 6.29. The number of fused-ring (bicyclic) bond motifs is 8. The number of pyridine rings is 4. The first kappa shape index (κ1) is 20.5. The van der Waals surface area contributed by atoms with Gasteiger partial charge in [-0.25, -0.2) is 0 Å². The molecule has 0 spiro atoms. The number of hydrogen-bond donors (Lipinski definition) is 0. The van der Waals surface area contributed by atoms with Crippen molar-refractivity contribution in [2.24, 2.45) is 0 Å². The monoisotopic (exact) mass is 420 g/mol. The van der Waals surface area contributed by atoms with Crippen LogP contribution in [0.15, 0.2) is 72.8 Å². The van der Waals surface area contributed by atoms with Crippen molar-refractivity contribution >= 4 is 0 Å². The van der Waals surface area contributed by atoms with E-state index in [0.717, 1.165) is 96.9 Å². The van der Waals surface area contributed by atoms with Crippen molar-refractivity contribution < 1.29 is 0 Å². The van der Waals surface area contributed by atoms with Gasteiger partial charge in [0.25, 0.3) is 0 Å². The van der Waals surface area contributed by atoms with Gasteiger partial charge in [0.05, 0.1) is 0 Å². The SMILES string of the molecule is c1cc2nc(c1)CCc1cccc(n1)CCc1cccc(n1)CCc1cccc(n1)CC2. The van der Waals surface area contributed by atoms with Gasteiger partial charge in [0, 0.05) is 45.6 Å². The molecule has 4 heteroatoms. The highest BCUT2D eigenvalue weighted by molar-refractivity contribution is 5.20. The number of aryl methyl sites for hydroxylation is 8. The third kappa shape index (κ3) is 5.44. The molecular formula is C28H28N4. The van der Waals surface area contributed by atoms with E-state index in [4.69, 9.17) is 19.9 Å². The van der Waals surface area contributed by atoms with Gasteiger partial charge in [-0.05, 0) is 99.9 Å². The molecule has 0 amide bonds. The minimum Gasteiger partial charge on any atom is -0.258 e. The summed E-state index contributed by atoms with van der Waals surface area (Å²) >= 11 is 0. The van der Waals surface area contributed by atoms with Crippen LogP contribution in [0.2, 0.25) is 0 Å². The van der Waals surface area contributed by atoms with E-state index in [1.165, 1.54) is 0 Å². The quantitative estimate of drug-likeness (QED) is 0.413. The highest BCUT2D eigenvalue weighted by Crippen LogP contribution is 2.12. The summed E-state index contributed by atoms with van der Waals surface area (Å²) in [6.45, 7) is 0. The van der Waals surface area contributed by atoms with E-state index < -0.39 is 0 Å². The third-order valence-corrected chi connectivity index (χ3v) is 6.01. The van der Waals surface area contributed by atoms with Gasteiger partial charge in [0.1, 0.15) is 0 Å². The molecule has 8 bridgehead atoms. The van der Waals surface area contributed by atoms with Crippen molar-refractivity contribution in [2.75, 3.05) is 0 Å². The minimum absolute atomic E-state index is 0.904. The molecule has 5 heterocycles. The van der Waals surface area contributed by atoms with E-state index >= 15 is 0 Å². The van der Waals surface area contributed by atoms with Gasteiger partial charge in [-0.15, -0.1) is 0 Å². The minimum atomic E-state index is 0.904. The van der Waals surface area contributed by atoms with Gasteiger partial charge >= 0.3 is 0 Å². The number of hydrogen-bond acceptors (Lipinski definition) is 4. The van der Waals surface area contributed by atoms with Crippen molar-refractivity contribution in [3.8, 4) is 0 Å². The Bertz CT molecular complexity index is 934. The fourth-order valence-electron chi connectivity index (χ4n) is 4.26. The summed E-state index contributed by atoms with van der Waals surface area (Å²) in [6, 6.07) is 25.5. The largest absolute Gasteiger partial charge is 0.258 e. The molecule has 0 radical (unpaired) electrons. The summed E-state index contributed by atoms with van der Waals surface area (Å²) < 4.78 is 0. The van der Waals surface area contributed by atoms with Crippen LogP contribution >= 0.6 is 0 Å². The highest BCUT2D eigenvalue weighted by Gasteiger charge is 2.07. The Morgan fingerprint density at radius 2 is 0.438 bits per heavy atom. The average molecular weight is 421 g/mol. The Hall–Kier alpha value is -3.40. The standard InChI is InChI=1S/C28H28N4/c1-5-21-13-15-23-7-2-9-25(30-23)17-19-27-11-4-12-28(32-27)20-18-26-10-3-8-24(31-26)16-14-22(6-1)29-21/h1-12H,13-20H2. The fourth-order valence-corrected chi connectivity index (χ4v) is 4.26. The lowest BCUT2D eigenvalue weighted by Gasteiger charge is -2.09. The van der Waals surface area contributed by atoms with Crippen LogP contribution in [0.3, 0.4) is 0 Å². The first-order valence-electron chi connectivity index (χ1n) is 11.6. The first-order chi connectivity index (χ1) is 15.8. The average Bonchev–Trinajstić information content (AvgIpc) is 2.84. The normalized spacial score (nSPS) is 14.5. The van der Waals surface area contributed by atoms with Crippen molar-refractivity contribution in [3.63, 3.8) is 0 Å². The van der Waals surface area contributed by atoms with Crippen LogP contribution in [0.5, 0.6) is 0 Å². The molecule has 0 aliphatic carbocycles. The molecule has 0 fully saturated rings. The molecule has 1 aliphatic heterocycles. The zero-order valence-corrected chi connectivity index (χ0v) is 18.4. The molecule has 160 valence electrons. The van der Waals surface area contributed by atoms with Crippen molar-refractivity contribution in [3.05, 3.63) is 118 Å². The summed E-state index contributed by atoms with van der Waals surface area (Å²) in [4.78, 5) is 19.6. The fraction of sp³-hybridized carbons (Fsp3) is 0.286. The van der Waals surface area contributed by atoms with E-state index in [1.54, 1.807) is 0 Å². The molecule has 0 saturated heterocycles. The lowest BCUT2D eigenvalue weighted by Crippen LogP contribution is -2.05. The van der Waals surface area contributed by atoms with Crippen LogP contribution in [0.25, 0.3) is 0 Å². The summed E-state index contributed by atoms with van der Waals surface area (Å²) in [7, 11) is 0. The Morgan fingerprint density at radius 3 is 0.594 bits per heavy atom. The van der Waals surface area contributed by atoms with Crippen LogP contribution in [-0.2, 0) is 51.4 Å². The smallest absolute Gasteiger partial charge is 0.0410 e. The first-order valence-corrected chi connectivity index (χ1v) is 11.6. The van der Waals surface area contributed by atoms with Gasteiger partial charge in [-0.3, -0.25) is 19.9 Å². The van der Waals surface area contributed by atoms with Gasteiger partial charge in [-0.1, -0.05) is 24.3 Å². The van der Waals surface area contributed by atoms with Crippen LogP contribution in [0.4, 0.5) is 0 Å². The molecule has 4 aromatic rings. The second-order valence-corrected chi connectivity index (χ2v) is 8.48. The van der Waals surface area contributed by atoms with E-state index in [1.807, 2.05) is 0 Å². The van der Waals surface area contributed by atoms with Gasteiger partial charge in [0.15, 0.2) is 0 Å². The molecule has 32 heavy (non-hydrogen) atoms. The highest BCUT2D eigenvalue weighted by atomic mass is 14.7. The maximum atomic E-state index is 4.89. The maximum Gasteiger partial charge on any atom is 0.0410 e. The second-order valence-electron chi connectivity index (χ2n) is 8.48. The lowest BCUT2D eigenvalue weighted by molar-refractivity contribution is 0.795. The zero-order chi connectivity index (χ0) is 21.6. The molecule has 0 N–H and O–H groups in total. The predicted molar refractivity (Wildman–Crippen MR) is 127 cm³/mol. The summed E-state index contributed by atoms with van der Waals surface area (Å²) in [6.07, 6.45) is 7.24. The Labute approximate surface area is 189 Å². The van der Waals surface area contributed by atoms with Gasteiger partial charge in [0.2, 0.25) is 0 Å². The molecule has 0 atom stereocenters. The number of nitrogens with zero attached hydrogens (tertiary/aromatic N) is 4. The van der Waals surface area contributed by atoms with Crippen molar-refractivity contribution in [2.45, 2.75) is 51.4 Å². The van der Waals surface area contributed by atoms with Gasteiger partial charge in [-0.2, -0.15) is 0 Å². The number of rotatable bonds is 0. The molecule has 0 unspecified atom stereocenters. The maximum absolute atomic E-state index is 4.89. The lowest BCUT2D eigenvalue weighted by atomic mass is 10.1. The van der Waals surface area contributed by atoms with E-state index in [9.17, 15) is 0 Å². The van der Waals surface area contributed by atoms with Crippen LogP contribution in [0, 0.1) is 0 Å². The number of aromatic nitrogens is 4. The molecule has 0 aromatic carbocycles. The third-order valence-electron chi connectivity index (χ3n) is 6.01. The predicted octanol–water partition coefficient (Wildman–Crippen LogP) is 4.72. The van der Waals surface area contributed by atoms with E-state index in [2.05, 4.69) is 72.8 Å². The second kappa shape index (κ2) is 9.82. The summed E-state index contributed by atoms with van der Waals surface area (Å²) in [5.74, 6) is 0. The Balaban J connectivity index is 1.42. The van der Waals surface area contributed by atoms with Crippen molar-refractivity contribution in [1.82, 2.24) is 19.9 Å². The van der Waals surface area contributed by atoms with E-state index in [-0.39, 0.29) is 0 Å². The molecule has 1 aliphatic rings. The zero-order valence-electron chi connectivity index (χ0n) is 18.4. The van der Waals surface area contributed by atoms with E-state index in [0.29, 0.717) is 0 Å². The molecule has 4 aromatic heterocycles. The Morgan fingerprint density at radius 1 is 0.281 bits per heavy atom. The molecule has 4 nitrogen and oxygen atoms in total. The van der Waals surface area contributed by atoms with Crippen molar-refractivity contribution in [1.29, 1.82) is 0 Å². The topological polar surface area (TPSA) is 51.6 Å². The summed E-state index contributed by atoms with van der Waals surface area (Å²) in [5.41, 5.74) is 9.05. The van der Waals surface area contributed by atoms with Gasteiger partial charge < -0.3 is 0 Å². The molecule has 0 saturated carbocycles. The molecular weight excluding hydrogens is 392 g/mol. The van der Waals surface area contributed by atoms with Crippen LogP contribution in [-0.4, -0.2) is 19.9 Å².